The molecule has 9 nitrogen and oxygen atoms in total. The Hall–Kier alpha value is -5.70. The summed E-state index contributed by atoms with van der Waals surface area (Å²) in [6.07, 6.45) is 1.57. The molecule has 0 aliphatic heterocycles. The Morgan fingerprint density at radius 1 is 0.630 bits per heavy atom. The van der Waals surface area contributed by atoms with Gasteiger partial charge in [0.25, 0.3) is 0 Å². The molecule has 0 fully saturated rings. The lowest BCUT2D eigenvalue weighted by atomic mass is 9.96. The molecule has 3 aromatic carbocycles. The van der Waals surface area contributed by atoms with Crippen LogP contribution in [-0.4, -0.2) is 37.1 Å². The zero-order valence-electron chi connectivity index (χ0n) is 26.6. The van der Waals surface area contributed by atoms with Crippen molar-refractivity contribution in [3.05, 3.63) is 114 Å². The summed E-state index contributed by atoms with van der Waals surface area (Å²) >= 11 is 0. The van der Waals surface area contributed by atoms with Gasteiger partial charge in [-0.15, -0.1) is 0 Å². The Bertz CT molecular complexity index is 1710. The van der Waals surface area contributed by atoms with E-state index < -0.39 is 23.9 Å². The van der Waals surface area contributed by atoms with Crippen LogP contribution in [0.3, 0.4) is 0 Å². The summed E-state index contributed by atoms with van der Waals surface area (Å²) in [5.41, 5.74) is 3.98. The van der Waals surface area contributed by atoms with Crippen LogP contribution in [0, 0.1) is 6.92 Å². The number of ether oxygens (including phenoxy) is 5. The molecule has 0 saturated heterocycles. The van der Waals surface area contributed by atoms with Crippen LogP contribution in [0.1, 0.15) is 38.8 Å². The summed E-state index contributed by atoms with van der Waals surface area (Å²) in [7, 11) is 0. The molecule has 9 heteroatoms. The van der Waals surface area contributed by atoms with E-state index >= 15 is 0 Å². The van der Waals surface area contributed by atoms with E-state index in [1.807, 2.05) is 19.1 Å². The Kier molecular flexibility index (Phi) is 12.0. The van der Waals surface area contributed by atoms with E-state index in [9.17, 15) is 19.2 Å². The van der Waals surface area contributed by atoms with E-state index in [4.69, 9.17) is 23.7 Å². The Morgan fingerprint density at radius 2 is 1.13 bits per heavy atom. The second-order valence-corrected chi connectivity index (χ2v) is 10.5. The summed E-state index contributed by atoms with van der Waals surface area (Å²) < 4.78 is 27.0. The normalized spacial score (nSPS) is 10.8. The van der Waals surface area contributed by atoms with Crippen molar-refractivity contribution in [2.24, 2.45) is 0 Å². The van der Waals surface area contributed by atoms with Crippen LogP contribution in [0.4, 0.5) is 0 Å². The van der Waals surface area contributed by atoms with Gasteiger partial charge in [-0.2, -0.15) is 0 Å². The third kappa shape index (κ3) is 9.92. The topological polar surface area (TPSA) is 114 Å². The van der Waals surface area contributed by atoms with E-state index in [2.05, 4.69) is 19.7 Å². The molecular weight excluding hydrogens is 588 g/mol. The van der Waals surface area contributed by atoms with Crippen molar-refractivity contribution in [2.75, 3.05) is 13.2 Å². The summed E-state index contributed by atoms with van der Waals surface area (Å²) in [5, 5.41) is 0. The molecule has 0 unspecified atom stereocenters. The molecule has 0 atom stereocenters. The summed E-state index contributed by atoms with van der Waals surface area (Å²) in [6, 6.07) is 16.8. The fourth-order valence-corrected chi connectivity index (χ4v) is 3.81. The standard InChI is InChI=1S/C37H36O9/c1-22(2)34(38)43-18-17-42-29-11-9-27(10-12-29)32-21-33(46-36(40)24(5)6)28(19-25(32)7)20-26(8)37(41)45-31-15-13-30(14-16-31)44-35(39)23(3)4/h9-16,19-21H,1,3,5,17-18H2,2,4,6-8H3/b26-20+. The Balaban J connectivity index is 1.80. The lowest BCUT2D eigenvalue weighted by molar-refractivity contribution is -0.139. The maximum atomic E-state index is 12.9. The molecule has 0 bridgehead atoms. The molecule has 0 radical (unpaired) electrons. The third-order valence-corrected chi connectivity index (χ3v) is 6.29. The largest absolute Gasteiger partial charge is 0.490 e. The van der Waals surface area contributed by atoms with Crippen molar-refractivity contribution >= 4 is 30.0 Å². The number of aryl methyl sites for hydroxylation is 1. The highest BCUT2D eigenvalue weighted by Gasteiger charge is 2.16. The molecule has 46 heavy (non-hydrogen) atoms. The molecule has 0 aliphatic carbocycles. The number of carbonyl (C=O) groups is 4. The van der Waals surface area contributed by atoms with Crippen molar-refractivity contribution < 1.29 is 42.9 Å². The molecule has 0 aliphatic rings. The number of rotatable bonds is 13. The van der Waals surface area contributed by atoms with Crippen LogP contribution in [0.25, 0.3) is 17.2 Å². The number of hydrogen-bond acceptors (Lipinski definition) is 9. The van der Waals surface area contributed by atoms with Gasteiger partial charge in [0.05, 0.1) is 0 Å². The van der Waals surface area contributed by atoms with E-state index in [-0.39, 0.29) is 47.2 Å². The first kappa shape index (κ1) is 34.8. The molecule has 0 spiro atoms. The predicted octanol–water partition coefficient (Wildman–Crippen LogP) is 7.13. The fourth-order valence-electron chi connectivity index (χ4n) is 3.81. The molecule has 238 valence electrons. The van der Waals surface area contributed by atoms with Crippen LogP contribution < -0.4 is 18.9 Å². The first-order valence-corrected chi connectivity index (χ1v) is 14.2. The number of hydrogen-bond donors (Lipinski definition) is 0. The van der Waals surface area contributed by atoms with E-state index in [1.54, 1.807) is 51.1 Å². The fraction of sp³-hybridized carbons (Fsp3) is 0.189. The first-order valence-electron chi connectivity index (χ1n) is 14.2. The summed E-state index contributed by atoms with van der Waals surface area (Å²) in [5.74, 6) is -0.949. The molecule has 3 rings (SSSR count). The lowest BCUT2D eigenvalue weighted by Crippen LogP contribution is -2.12. The van der Waals surface area contributed by atoms with Gasteiger partial charge in [-0.3, -0.25) is 0 Å². The number of benzene rings is 3. The first-order chi connectivity index (χ1) is 21.7. The molecular formula is C37H36O9. The minimum atomic E-state index is -0.629. The average Bonchev–Trinajstić information content (AvgIpc) is 3.01. The third-order valence-electron chi connectivity index (χ3n) is 6.29. The highest BCUT2D eigenvalue weighted by molar-refractivity contribution is 5.96. The van der Waals surface area contributed by atoms with Gasteiger partial charge in [0.2, 0.25) is 0 Å². The maximum Gasteiger partial charge on any atom is 0.339 e. The van der Waals surface area contributed by atoms with Crippen molar-refractivity contribution in [3.63, 3.8) is 0 Å². The second kappa shape index (κ2) is 15.9. The quantitative estimate of drug-likeness (QED) is 0.0848. The monoisotopic (exact) mass is 624 g/mol. The zero-order valence-corrected chi connectivity index (χ0v) is 26.6. The molecule has 0 aromatic heterocycles. The van der Waals surface area contributed by atoms with Gasteiger partial charge >= 0.3 is 23.9 Å². The van der Waals surface area contributed by atoms with Crippen LogP contribution in [0.2, 0.25) is 0 Å². The highest BCUT2D eigenvalue weighted by atomic mass is 16.6. The minimum Gasteiger partial charge on any atom is -0.490 e. The van der Waals surface area contributed by atoms with Crippen molar-refractivity contribution in [1.82, 2.24) is 0 Å². The van der Waals surface area contributed by atoms with Gasteiger partial charge in [-0.05, 0) is 106 Å². The van der Waals surface area contributed by atoms with E-state index in [0.717, 1.165) is 16.7 Å². The molecule has 0 amide bonds. The van der Waals surface area contributed by atoms with Gasteiger partial charge in [0.1, 0.15) is 36.2 Å². The number of carbonyl (C=O) groups excluding carboxylic acids is 4. The van der Waals surface area contributed by atoms with Crippen molar-refractivity contribution in [3.8, 4) is 34.1 Å². The van der Waals surface area contributed by atoms with Crippen LogP contribution in [0.5, 0.6) is 23.0 Å². The van der Waals surface area contributed by atoms with Crippen LogP contribution >= 0.6 is 0 Å². The maximum absolute atomic E-state index is 12.9. The average molecular weight is 625 g/mol. The minimum absolute atomic E-state index is 0.0885. The van der Waals surface area contributed by atoms with Crippen molar-refractivity contribution in [2.45, 2.75) is 34.6 Å². The van der Waals surface area contributed by atoms with Gasteiger partial charge in [-0.25, -0.2) is 19.2 Å². The highest BCUT2D eigenvalue weighted by Crippen LogP contribution is 2.34. The molecule has 0 N–H and O–H groups in total. The lowest BCUT2D eigenvalue weighted by Gasteiger charge is -2.15. The van der Waals surface area contributed by atoms with E-state index in [1.165, 1.54) is 31.2 Å². The number of esters is 4. The second-order valence-electron chi connectivity index (χ2n) is 10.5. The predicted molar refractivity (Wildman–Crippen MR) is 175 cm³/mol. The summed E-state index contributed by atoms with van der Waals surface area (Å²) in [6.45, 7) is 19.1. The van der Waals surface area contributed by atoms with Crippen LogP contribution in [-0.2, 0) is 23.9 Å². The van der Waals surface area contributed by atoms with Crippen LogP contribution in [0.15, 0.2) is 103 Å². The Labute approximate surface area is 268 Å². The smallest absolute Gasteiger partial charge is 0.339 e. The molecule has 0 heterocycles. The zero-order chi connectivity index (χ0) is 34.0. The van der Waals surface area contributed by atoms with Gasteiger partial charge in [-0.1, -0.05) is 31.9 Å². The van der Waals surface area contributed by atoms with E-state index in [0.29, 0.717) is 16.9 Å². The van der Waals surface area contributed by atoms with Gasteiger partial charge < -0.3 is 23.7 Å². The van der Waals surface area contributed by atoms with Gasteiger partial charge in [0, 0.05) is 27.9 Å². The summed E-state index contributed by atoms with van der Waals surface area (Å²) in [4.78, 5) is 48.7. The van der Waals surface area contributed by atoms with Gasteiger partial charge in [0.15, 0.2) is 0 Å². The Morgan fingerprint density at radius 3 is 1.67 bits per heavy atom. The van der Waals surface area contributed by atoms with Crippen molar-refractivity contribution in [1.29, 1.82) is 0 Å². The molecule has 0 saturated carbocycles. The SMILES string of the molecule is C=C(C)C(=O)OCCOc1ccc(-c2cc(OC(=O)C(=C)C)c(/C=C(\C)C(=O)Oc3ccc(OC(=O)C(=C)C)cc3)cc2C)cc1. The molecule has 3 aromatic rings.